The Hall–Kier alpha value is -2.55. The van der Waals surface area contributed by atoms with E-state index in [-0.39, 0.29) is 5.78 Å². The van der Waals surface area contributed by atoms with E-state index in [1.54, 1.807) is 24.7 Å². The molecule has 0 atom stereocenters. The molecule has 3 nitrogen and oxygen atoms in total. The minimum Gasteiger partial charge on any atom is -0.289 e. The third-order valence-electron chi connectivity index (χ3n) is 3.03. The highest BCUT2D eigenvalue weighted by atomic mass is 16.1. The zero-order chi connectivity index (χ0) is 13.2. The molecule has 0 radical (unpaired) electrons. The van der Waals surface area contributed by atoms with Crippen molar-refractivity contribution in [1.82, 2.24) is 9.97 Å². The van der Waals surface area contributed by atoms with Crippen molar-refractivity contribution in [3.63, 3.8) is 0 Å². The third kappa shape index (κ3) is 2.10. The average molecular weight is 248 g/mol. The maximum Gasteiger partial charge on any atom is 0.195 e. The summed E-state index contributed by atoms with van der Waals surface area (Å²) in [6.45, 7) is 1.93. The molecule has 0 spiro atoms. The highest BCUT2D eigenvalue weighted by Gasteiger charge is 2.13. The Morgan fingerprint density at radius 3 is 2.79 bits per heavy atom. The number of nitrogens with zero attached hydrogens (tertiary/aromatic N) is 2. The second-order valence-electron chi connectivity index (χ2n) is 4.46. The van der Waals surface area contributed by atoms with E-state index in [4.69, 9.17) is 0 Å². The summed E-state index contributed by atoms with van der Waals surface area (Å²) in [5.41, 5.74) is 3.08. The fourth-order valence-electron chi connectivity index (χ4n) is 2.13. The second-order valence-corrected chi connectivity index (χ2v) is 4.46. The number of rotatable bonds is 2. The van der Waals surface area contributed by atoms with Crippen LogP contribution in [0, 0.1) is 6.92 Å². The van der Waals surface area contributed by atoms with E-state index in [9.17, 15) is 4.79 Å². The molecule has 0 unspecified atom stereocenters. The van der Waals surface area contributed by atoms with Gasteiger partial charge in [-0.2, -0.15) is 0 Å². The van der Waals surface area contributed by atoms with Crippen LogP contribution in [0.3, 0.4) is 0 Å². The van der Waals surface area contributed by atoms with Crippen molar-refractivity contribution >= 4 is 16.7 Å². The molecular weight excluding hydrogens is 236 g/mol. The third-order valence-corrected chi connectivity index (χ3v) is 3.03. The van der Waals surface area contributed by atoms with Gasteiger partial charge in [0, 0.05) is 35.1 Å². The topological polar surface area (TPSA) is 42.9 Å². The Bertz CT molecular complexity index is 760. The summed E-state index contributed by atoms with van der Waals surface area (Å²) in [7, 11) is 0. The molecule has 1 aromatic carbocycles. The van der Waals surface area contributed by atoms with Crippen molar-refractivity contribution in [2.24, 2.45) is 0 Å². The first-order chi connectivity index (χ1) is 9.25. The molecule has 0 amide bonds. The zero-order valence-corrected chi connectivity index (χ0v) is 10.5. The number of para-hydroxylation sites is 1. The Morgan fingerprint density at radius 1 is 1.11 bits per heavy atom. The Labute approximate surface area is 111 Å². The first-order valence-corrected chi connectivity index (χ1v) is 6.06. The summed E-state index contributed by atoms with van der Waals surface area (Å²) < 4.78 is 0. The number of aromatic nitrogens is 2. The minimum absolute atomic E-state index is 0.0187. The van der Waals surface area contributed by atoms with Gasteiger partial charge in [0.15, 0.2) is 5.78 Å². The Morgan fingerprint density at radius 2 is 1.95 bits per heavy atom. The van der Waals surface area contributed by atoms with Crippen LogP contribution in [0.2, 0.25) is 0 Å². The predicted molar refractivity (Wildman–Crippen MR) is 74.1 cm³/mol. The van der Waals surface area contributed by atoms with Gasteiger partial charge in [0.05, 0.1) is 5.52 Å². The molecule has 3 aromatic rings. The van der Waals surface area contributed by atoms with E-state index in [0.29, 0.717) is 11.1 Å². The number of carbonyl (C=O) groups is 1. The van der Waals surface area contributed by atoms with Crippen LogP contribution < -0.4 is 0 Å². The van der Waals surface area contributed by atoms with Crippen LogP contribution in [0.5, 0.6) is 0 Å². The highest BCUT2D eigenvalue weighted by Crippen LogP contribution is 2.19. The monoisotopic (exact) mass is 248 g/mol. The summed E-state index contributed by atoms with van der Waals surface area (Å²) in [5.74, 6) is -0.0187. The van der Waals surface area contributed by atoms with E-state index in [1.165, 1.54) is 0 Å². The lowest BCUT2D eigenvalue weighted by Crippen LogP contribution is -2.03. The summed E-state index contributed by atoms with van der Waals surface area (Å²) in [5, 5.41) is 0.872. The van der Waals surface area contributed by atoms with Crippen molar-refractivity contribution in [2.75, 3.05) is 0 Å². The van der Waals surface area contributed by atoms with Crippen LogP contribution >= 0.6 is 0 Å². The number of pyridine rings is 2. The Kier molecular flexibility index (Phi) is 2.80. The lowest BCUT2D eigenvalue weighted by atomic mass is 10.0. The summed E-state index contributed by atoms with van der Waals surface area (Å²) >= 11 is 0. The molecule has 92 valence electrons. The maximum absolute atomic E-state index is 12.5. The predicted octanol–water partition coefficient (Wildman–Crippen LogP) is 3.17. The standard InChI is InChI=1S/C16H12N2O/c1-11-8-12(10-17-9-11)16(19)14-6-7-18-15-5-3-2-4-13(14)15/h2-10H,1H3. The molecule has 3 heteroatoms. The van der Waals surface area contributed by atoms with Crippen LogP contribution in [0.25, 0.3) is 10.9 Å². The van der Waals surface area contributed by atoms with Gasteiger partial charge in [-0.25, -0.2) is 0 Å². The Balaban J connectivity index is 2.17. The summed E-state index contributed by atoms with van der Waals surface area (Å²) in [6, 6.07) is 11.3. The van der Waals surface area contributed by atoms with Gasteiger partial charge in [0.25, 0.3) is 0 Å². The van der Waals surface area contributed by atoms with Crippen LogP contribution in [0.4, 0.5) is 0 Å². The van der Waals surface area contributed by atoms with E-state index in [1.807, 2.05) is 37.3 Å². The zero-order valence-electron chi connectivity index (χ0n) is 10.5. The molecule has 0 aliphatic carbocycles. The van der Waals surface area contributed by atoms with E-state index in [2.05, 4.69) is 9.97 Å². The number of ketones is 1. The van der Waals surface area contributed by atoms with Crippen molar-refractivity contribution in [2.45, 2.75) is 6.92 Å². The molecule has 3 rings (SSSR count). The highest BCUT2D eigenvalue weighted by molar-refractivity contribution is 6.15. The first-order valence-electron chi connectivity index (χ1n) is 6.06. The average Bonchev–Trinajstić information content (AvgIpc) is 2.46. The largest absolute Gasteiger partial charge is 0.289 e. The molecule has 0 aliphatic rings. The number of hydrogen-bond acceptors (Lipinski definition) is 3. The van der Waals surface area contributed by atoms with Crippen molar-refractivity contribution < 1.29 is 4.79 Å². The minimum atomic E-state index is -0.0187. The molecule has 0 bridgehead atoms. The summed E-state index contributed by atoms with van der Waals surface area (Å²) in [6.07, 6.45) is 5.00. The van der Waals surface area contributed by atoms with Gasteiger partial charge in [-0.15, -0.1) is 0 Å². The SMILES string of the molecule is Cc1cncc(C(=O)c2ccnc3ccccc23)c1. The molecule has 2 aromatic heterocycles. The molecule has 0 saturated heterocycles. The van der Waals surface area contributed by atoms with Crippen molar-refractivity contribution in [1.29, 1.82) is 0 Å². The van der Waals surface area contributed by atoms with Crippen LogP contribution in [0.15, 0.2) is 55.0 Å². The maximum atomic E-state index is 12.5. The van der Waals surface area contributed by atoms with Gasteiger partial charge < -0.3 is 0 Å². The van der Waals surface area contributed by atoms with Gasteiger partial charge in [0.1, 0.15) is 0 Å². The smallest absolute Gasteiger partial charge is 0.195 e. The normalized spacial score (nSPS) is 10.6. The van der Waals surface area contributed by atoms with Crippen LogP contribution in [-0.4, -0.2) is 15.8 Å². The fraction of sp³-hybridized carbons (Fsp3) is 0.0625. The van der Waals surface area contributed by atoms with Crippen molar-refractivity contribution in [3.8, 4) is 0 Å². The molecule has 0 aliphatic heterocycles. The number of hydrogen-bond donors (Lipinski definition) is 0. The fourth-order valence-corrected chi connectivity index (χ4v) is 2.13. The van der Waals surface area contributed by atoms with Crippen LogP contribution in [-0.2, 0) is 0 Å². The van der Waals surface area contributed by atoms with Gasteiger partial charge >= 0.3 is 0 Å². The van der Waals surface area contributed by atoms with E-state index < -0.39 is 0 Å². The molecule has 0 N–H and O–H groups in total. The number of fused-ring (bicyclic) bond motifs is 1. The van der Waals surface area contributed by atoms with E-state index in [0.717, 1.165) is 16.5 Å². The van der Waals surface area contributed by atoms with Crippen molar-refractivity contribution in [3.05, 3.63) is 71.7 Å². The number of aryl methyl sites for hydroxylation is 1. The van der Waals surface area contributed by atoms with Gasteiger partial charge in [-0.3, -0.25) is 14.8 Å². The van der Waals surface area contributed by atoms with Gasteiger partial charge in [0.2, 0.25) is 0 Å². The molecular formula is C16H12N2O. The molecule has 0 fully saturated rings. The quantitative estimate of drug-likeness (QED) is 0.654. The lowest BCUT2D eigenvalue weighted by Gasteiger charge is -2.05. The number of benzene rings is 1. The summed E-state index contributed by atoms with van der Waals surface area (Å²) in [4.78, 5) is 20.9. The second kappa shape index (κ2) is 4.61. The lowest BCUT2D eigenvalue weighted by molar-refractivity contribution is 0.104. The molecule has 19 heavy (non-hydrogen) atoms. The molecule has 2 heterocycles. The first kappa shape index (κ1) is 11.5. The molecule has 0 saturated carbocycles. The van der Waals surface area contributed by atoms with Gasteiger partial charge in [-0.1, -0.05) is 18.2 Å². The number of carbonyl (C=O) groups excluding carboxylic acids is 1. The van der Waals surface area contributed by atoms with E-state index >= 15 is 0 Å². The van der Waals surface area contributed by atoms with Crippen LogP contribution in [0.1, 0.15) is 21.5 Å². The van der Waals surface area contributed by atoms with Gasteiger partial charge in [-0.05, 0) is 30.7 Å².